The van der Waals surface area contributed by atoms with Crippen molar-refractivity contribution < 1.29 is 0 Å². The van der Waals surface area contributed by atoms with Crippen LogP contribution in [0.1, 0.15) is 17.7 Å². The van der Waals surface area contributed by atoms with Gasteiger partial charge in [0.25, 0.3) is 0 Å². The lowest BCUT2D eigenvalue weighted by molar-refractivity contribution is 0.972. The first-order valence-corrected chi connectivity index (χ1v) is 4.99. The molecule has 2 aromatic rings. The van der Waals surface area contributed by atoms with Gasteiger partial charge in [0.1, 0.15) is 0 Å². The Bertz CT molecular complexity index is 520. The third-order valence-electron chi connectivity index (χ3n) is 2.69. The molecular weight excluding hydrogens is 241 g/mol. The lowest BCUT2D eigenvalue weighted by Gasteiger charge is -2.10. The van der Waals surface area contributed by atoms with Crippen molar-refractivity contribution in [3.05, 3.63) is 47.7 Å². The number of aromatic nitrogens is 1. The number of pyridine rings is 1. The summed E-state index contributed by atoms with van der Waals surface area (Å²) in [5.41, 5.74) is 3.62. The number of halogens is 2. The van der Waals surface area contributed by atoms with Crippen LogP contribution in [0.2, 0.25) is 0 Å². The molecule has 0 amide bonds. The summed E-state index contributed by atoms with van der Waals surface area (Å²) in [4.78, 5) is 4.63. The Balaban J connectivity index is 0.000000640. The van der Waals surface area contributed by atoms with Crippen molar-refractivity contribution in [3.8, 4) is 0 Å². The highest BCUT2D eigenvalue weighted by Gasteiger charge is 2.06. The van der Waals surface area contributed by atoms with Gasteiger partial charge in [-0.15, -0.1) is 24.8 Å². The summed E-state index contributed by atoms with van der Waals surface area (Å²) in [5.74, 6) is 0. The highest BCUT2D eigenvalue weighted by molar-refractivity contribution is 5.85. The SMILES string of the molecule is C1=Cc2nc3ccccc3cc2CC1.Cl.Cl. The number of nitrogens with zero attached hydrogens (tertiary/aromatic N) is 1. The van der Waals surface area contributed by atoms with E-state index in [4.69, 9.17) is 0 Å². The minimum Gasteiger partial charge on any atom is -0.248 e. The lowest BCUT2D eigenvalue weighted by Crippen LogP contribution is -1.97. The standard InChI is InChI=1S/C13H11N.2ClH/c1-3-7-12-10(5-1)9-11-6-2-4-8-13(11)14-12;;/h1,3-5,7-9H,2,6H2;2*1H. The maximum atomic E-state index is 4.63. The van der Waals surface area contributed by atoms with E-state index in [9.17, 15) is 0 Å². The van der Waals surface area contributed by atoms with Gasteiger partial charge in [0.2, 0.25) is 0 Å². The molecule has 0 bridgehead atoms. The zero-order chi connectivity index (χ0) is 9.38. The van der Waals surface area contributed by atoms with Crippen LogP contribution in [-0.4, -0.2) is 4.98 Å². The first-order valence-electron chi connectivity index (χ1n) is 4.99. The van der Waals surface area contributed by atoms with E-state index in [-0.39, 0.29) is 24.8 Å². The van der Waals surface area contributed by atoms with Gasteiger partial charge < -0.3 is 0 Å². The van der Waals surface area contributed by atoms with Gasteiger partial charge in [0, 0.05) is 5.39 Å². The Morgan fingerprint density at radius 3 is 2.75 bits per heavy atom. The summed E-state index contributed by atoms with van der Waals surface area (Å²) in [6.07, 6.45) is 6.60. The van der Waals surface area contributed by atoms with Gasteiger partial charge in [-0.1, -0.05) is 24.3 Å². The van der Waals surface area contributed by atoms with E-state index in [0.29, 0.717) is 0 Å². The van der Waals surface area contributed by atoms with Crippen molar-refractivity contribution in [2.45, 2.75) is 12.8 Å². The molecule has 3 rings (SSSR count). The topological polar surface area (TPSA) is 12.9 Å². The highest BCUT2D eigenvalue weighted by atomic mass is 35.5. The highest BCUT2D eigenvalue weighted by Crippen LogP contribution is 2.22. The van der Waals surface area contributed by atoms with E-state index < -0.39 is 0 Å². The van der Waals surface area contributed by atoms with Crippen LogP contribution in [0.3, 0.4) is 0 Å². The molecule has 0 saturated carbocycles. The quantitative estimate of drug-likeness (QED) is 0.691. The second kappa shape index (κ2) is 5.33. The molecule has 0 aliphatic heterocycles. The molecule has 0 saturated heterocycles. The molecule has 3 heteroatoms. The summed E-state index contributed by atoms with van der Waals surface area (Å²) in [5, 5.41) is 1.25. The van der Waals surface area contributed by atoms with E-state index in [1.807, 2.05) is 6.07 Å². The second-order valence-corrected chi connectivity index (χ2v) is 3.67. The van der Waals surface area contributed by atoms with E-state index in [1.165, 1.54) is 10.9 Å². The van der Waals surface area contributed by atoms with Crippen LogP contribution >= 0.6 is 24.8 Å². The Morgan fingerprint density at radius 2 is 1.88 bits per heavy atom. The van der Waals surface area contributed by atoms with Gasteiger partial charge in [-0.2, -0.15) is 0 Å². The summed E-state index contributed by atoms with van der Waals surface area (Å²) < 4.78 is 0. The lowest BCUT2D eigenvalue weighted by atomic mass is 10.0. The Morgan fingerprint density at radius 1 is 1.06 bits per heavy atom. The van der Waals surface area contributed by atoms with Gasteiger partial charge in [0.15, 0.2) is 0 Å². The fourth-order valence-corrected chi connectivity index (χ4v) is 1.95. The predicted octanol–water partition coefficient (Wildman–Crippen LogP) is 4.04. The van der Waals surface area contributed by atoms with Crippen LogP contribution in [0, 0.1) is 0 Å². The molecule has 0 fully saturated rings. The van der Waals surface area contributed by atoms with E-state index in [0.717, 1.165) is 24.1 Å². The van der Waals surface area contributed by atoms with Crippen LogP contribution in [0.5, 0.6) is 0 Å². The van der Waals surface area contributed by atoms with Gasteiger partial charge in [-0.3, -0.25) is 0 Å². The Hall–Kier alpha value is -1.05. The number of fused-ring (bicyclic) bond motifs is 2. The summed E-state index contributed by atoms with van der Waals surface area (Å²) >= 11 is 0. The second-order valence-electron chi connectivity index (χ2n) is 3.67. The van der Waals surface area contributed by atoms with Gasteiger partial charge >= 0.3 is 0 Å². The third-order valence-corrected chi connectivity index (χ3v) is 2.69. The van der Waals surface area contributed by atoms with Crippen LogP contribution in [0.4, 0.5) is 0 Å². The van der Waals surface area contributed by atoms with Crippen molar-refractivity contribution in [1.29, 1.82) is 0 Å². The van der Waals surface area contributed by atoms with Crippen LogP contribution in [0.15, 0.2) is 36.4 Å². The first-order chi connectivity index (χ1) is 6.93. The zero-order valence-corrected chi connectivity index (χ0v) is 10.4. The van der Waals surface area contributed by atoms with E-state index in [2.05, 4.69) is 41.4 Å². The monoisotopic (exact) mass is 253 g/mol. The number of benzene rings is 1. The zero-order valence-electron chi connectivity index (χ0n) is 8.72. The molecule has 1 nitrogen and oxygen atoms in total. The summed E-state index contributed by atoms with van der Waals surface area (Å²) in [6.45, 7) is 0. The number of aryl methyl sites for hydroxylation is 1. The van der Waals surface area contributed by atoms with E-state index in [1.54, 1.807) is 0 Å². The van der Waals surface area contributed by atoms with Gasteiger partial charge in [-0.25, -0.2) is 4.98 Å². The number of hydrogen-bond donors (Lipinski definition) is 0. The average molecular weight is 254 g/mol. The predicted molar refractivity (Wildman–Crippen MR) is 73.6 cm³/mol. The van der Waals surface area contributed by atoms with E-state index >= 15 is 0 Å². The fourth-order valence-electron chi connectivity index (χ4n) is 1.95. The van der Waals surface area contributed by atoms with Crippen molar-refractivity contribution in [1.82, 2.24) is 4.98 Å². The molecule has 0 atom stereocenters. The van der Waals surface area contributed by atoms with Crippen molar-refractivity contribution >= 4 is 41.8 Å². The molecule has 84 valence electrons. The van der Waals surface area contributed by atoms with Crippen molar-refractivity contribution in [2.24, 2.45) is 0 Å². The largest absolute Gasteiger partial charge is 0.248 e. The molecule has 1 aromatic heterocycles. The molecule has 1 aliphatic carbocycles. The Labute approximate surface area is 107 Å². The molecule has 0 radical (unpaired) electrons. The summed E-state index contributed by atoms with van der Waals surface area (Å²) in [6, 6.07) is 10.6. The molecule has 1 aliphatic rings. The molecule has 1 aromatic carbocycles. The number of allylic oxidation sites excluding steroid dienone is 1. The first kappa shape index (κ1) is 13.0. The van der Waals surface area contributed by atoms with Crippen LogP contribution in [0.25, 0.3) is 17.0 Å². The molecular formula is C13H13Cl2N. The summed E-state index contributed by atoms with van der Waals surface area (Å²) in [7, 11) is 0. The van der Waals surface area contributed by atoms with Crippen molar-refractivity contribution in [2.75, 3.05) is 0 Å². The fraction of sp³-hybridized carbons (Fsp3) is 0.154. The third kappa shape index (κ3) is 2.21. The minimum atomic E-state index is 0. The average Bonchev–Trinajstić information content (AvgIpc) is 2.26. The van der Waals surface area contributed by atoms with Gasteiger partial charge in [-0.05, 0) is 36.6 Å². The van der Waals surface area contributed by atoms with Crippen LogP contribution < -0.4 is 0 Å². The Kier molecular flexibility index (Phi) is 4.34. The maximum Gasteiger partial charge on any atom is 0.0709 e. The maximum absolute atomic E-state index is 4.63. The molecule has 16 heavy (non-hydrogen) atoms. The van der Waals surface area contributed by atoms with Crippen LogP contribution in [-0.2, 0) is 6.42 Å². The minimum absolute atomic E-state index is 0. The molecule has 0 unspecified atom stereocenters. The molecule has 1 heterocycles. The smallest absolute Gasteiger partial charge is 0.0709 e. The number of hydrogen-bond acceptors (Lipinski definition) is 1. The number of rotatable bonds is 0. The van der Waals surface area contributed by atoms with Crippen molar-refractivity contribution in [3.63, 3.8) is 0 Å². The molecule has 0 N–H and O–H groups in total. The molecule has 0 spiro atoms. The normalized spacial score (nSPS) is 12.5. The number of para-hydroxylation sites is 1. The van der Waals surface area contributed by atoms with Gasteiger partial charge in [0.05, 0.1) is 11.2 Å².